The number of aromatic hydroxyl groups is 1. The minimum Gasteiger partial charge on any atom is -0.508 e. The molecule has 0 spiro atoms. The molecular weight excluding hydrogens is 354 g/mol. The van der Waals surface area contributed by atoms with Gasteiger partial charge in [0, 0.05) is 24.6 Å². The van der Waals surface area contributed by atoms with Crippen molar-refractivity contribution in [3.63, 3.8) is 0 Å². The van der Waals surface area contributed by atoms with Gasteiger partial charge in [-0.15, -0.1) is 0 Å². The first-order valence-corrected chi connectivity index (χ1v) is 9.75. The Morgan fingerprint density at radius 2 is 1.71 bits per heavy atom. The Bertz CT molecular complexity index is 836. The van der Waals surface area contributed by atoms with Crippen LogP contribution in [-0.4, -0.2) is 41.4 Å². The predicted octanol–water partition coefficient (Wildman–Crippen LogP) is 3.90. The summed E-state index contributed by atoms with van der Waals surface area (Å²) in [5.41, 5.74) is 3.00. The van der Waals surface area contributed by atoms with E-state index in [1.54, 1.807) is 12.1 Å². The van der Waals surface area contributed by atoms with Gasteiger partial charge in [0.05, 0.1) is 13.0 Å². The first kappa shape index (κ1) is 19.9. The number of ether oxygens (including phenoxy) is 1. The molecule has 1 saturated heterocycles. The number of nitrogens with zero attached hydrogens (tertiary/aromatic N) is 1. The van der Waals surface area contributed by atoms with Crippen molar-refractivity contribution in [3.8, 4) is 11.5 Å². The molecule has 2 aromatic carbocycles. The molecule has 1 amide bonds. The van der Waals surface area contributed by atoms with E-state index in [1.165, 1.54) is 23.3 Å². The fraction of sp³-hybridized carbons (Fsp3) is 0.391. The standard InChI is InChI=1S/C23H27NO4/c1-16-3-8-21(15-17(16)2)28-14-11-22(26)24-12-9-19(10-13-24)23(27)18-4-6-20(25)7-5-18/h3-8,15,19,25H,9-14H2,1-2H3. The maximum absolute atomic E-state index is 12.6. The van der Waals surface area contributed by atoms with Crippen molar-refractivity contribution >= 4 is 11.7 Å². The van der Waals surface area contributed by atoms with Crippen molar-refractivity contribution in [2.45, 2.75) is 33.1 Å². The van der Waals surface area contributed by atoms with Gasteiger partial charge in [0.15, 0.2) is 5.78 Å². The van der Waals surface area contributed by atoms with E-state index in [9.17, 15) is 14.7 Å². The second-order valence-corrected chi connectivity index (χ2v) is 7.41. The molecule has 5 nitrogen and oxygen atoms in total. The lowest BCUT2D eigenvalue weighted by Crippen LogP contribution is -2.40. The summed E-state index contributed by atoms with van der Waals surface area (Å²) in [6.45, 7) is 5.64. The van der Waals surface area contributed by atoms with Crippen molar-refractivity contribution < 1.29 is 19.4 Å². The van der Waals surface area contributed by atoms with Crippen molar-refractivity contribution in [3.05, 3.63) is 59.2 Å². The molecule has 1 aliphatic heterocycles. The van der Waals surface area contributed by atoms with Gasteiger partial charge in [0.1, 0.15) is 11.5 Å². The molecule has 5 heteroatoms. The Morgan fingerprint density at radius 1 is 1.04 bits per heavy atom. The maximum Gasteiger partial charge on any atom is 0.225 e. The number of hydrogen-bond donors (Lipinski definition) is 1. The molecule has 0 aromatic heterocycles. The number of carbonyl (C=O) groups excluding carboxylic acids is 2. The smallest absolute Gasteiger partial charge is 0.225 e. The zero-order valence-electron chi connectivity index (χ0n) is 16.5. The lowest BCUT2D eigenvalue weighted by Gasteiger charge is -2.31. The van der Waals surface area contributed by atoms with E-state index >= 15 is 0 Å². The quantitative estimate of drug-likeness (QED) is 0.771. The summed E-state index contributed by atoms with van der Waals surface area (Å²) in [5, 5.41) is 9.35. The largest absolute Gasteiger partial charge is 0.508 e. The normalized spacial score (nSPS) is 14.7. The highest BCUT2D eigenvalue weighted by Crippen LogP contribution is 2.23. The fourth-order valence-corrected chi connectivity index (χ4v) is 3.47. The molecule has 1 heterocycles. The van der Waals surface area contributed by atoms with Crippen LogP contribution in [-0.2, 0) is 4.79 Å². The van der Waals surface area contributed by atoms with Crippen LogP contribution in [0.25, 0.3) is 0 Å². The molecule has 1 fully saturated rings. The van der Waals surface area contributed by atoms with Crippen molar-refractivity contribution in [1.82, 2.24) is 4.90 Å². The third kappa shape index (κ3) is 4.91. The van der Waals surface area contributed by atoms with E-state index < -0.39 is 0 Å². The third-order valence-corrected chi connectivity index (χ3v) is 5.43. The van der Waals surface area contributed by atoms with Gasteiger partial charge in [-0.1, -0.05) is 6.07 Å². The van der Waals surface area contributed by atoms with Gasteiger partial charge < -0.3 is 14.7 Å². The number of Topliss-reactive ketones (excluding diaryl/α,β-unsaturated/α-hetero) is 1. The average Bonchev–Trinajstić information content (AvgIpc) is 2.71. The number of piperidine rings is 1. The van der Waals surface area contributed by atoms with E-state index in [0.717, 1.165) is 5.75 Å². The van der Waals surface area contributed by atoms with Crippen molar-refractivity contribution in [2.24, 2.45) is 5.92 Å². The number of hydrogen-bond acceptors (Lipinski definition) is 4. The Kier molecular flexibility index (Phi) is 6.34. The van der Waals surface area contributed by atoms with Crippen LogP contribution < -0.4 is 4.74 Å². The van der Waals surface area contributed by atoms with Crippen LogP contribution in [0.15, 0.2) is 42.5 Å². The molecule has 0 bridgehead atoms. The third-order valence-electron chi connectivity index (χ3n) is 5.43. The first-order chi connectivity index (χ1) is 13.4. The van der Waals surface area contributed by atoms with Crippen LogP contribution in [0.3, 0.4) is 0 Å². The minimum absolute atomic E-state index is 0.0689. The molecule has 0 unspecified atom stereocenters. The van der Waals surface area contributed by atoms with E-state index in [4.69, 9.17) is 4.74 Å². The van der Waals surface area contributed by atoms with Crippen LogP contribution in [0.1, 0.15) is 40.7 Å². The van der Waals surface area contributed by atoms with E-state index in [1.807, 2.05) is 30.0 Å². The number of rotatable bonds is 6. The van der Waals surface area contributed by atoms with Crippen LogP contribution in [0.5, 0.6) is 11.5 Å². The Labute approximate surface area is 165 Å². The topological polar surface area (TPSA) is 66.8 Å². The van der Waals surface area contributed by atoms with Crippen LogP contribution in [0, 0.1) is 19.8 Å². The highest BCUT2D eigenvalue weighted by molar-refractivity contribution is 5.98. The summed E-state index contributed by atoms with van der Waals surface area (Å²) in [6, 6.07) is 12.3. The highest BCUT2D eigenvalue weighted by atomic mass is 16.5. The predicted molar refractivity (Wildman–Crippen MR) is 108 cm³/mol. The van der Waals surface area contributed by atoms with Crippen molar-refractivity contribution in [1.29, 1.82) is 0 Å². The Balaban J connectivity index is 1.43. The molecule has 0 saturated carbocycles. The fourth-order valence-electron chi connectivity index (χ4n) is 3.47. The molecule has 0 aliphatic carbocycles. The second kappa shape index (κ2) is 8.91. The SMILES string of the molecule is Cc1ccc(OCCC(=O)N2CCC(C(=O)c3ccc(O)cc3)CC2)cc1C. The van der Waals surface area contributed by atoms with E-state index in [-0.39, 0.29) is 23.4 Å². The molecule has 1 aliphatic rings. The Hall–Kier alpha value is -2.82. The molecule has 0 radical (unpaired) electrons. The number of phenolic OH excluding ortho intramolecular Hbond substituents is 1. The summed E-state index contributed by atoms with van der Waals surface area (Å²) >= 11 is 0. The van der Waals surface area contributed by atoms with Crippen molar-refractivity contribution in [2.75, 3.05) is 19.7 Å². The Morgan fingerprint density at radius 3 is 2.36 bits per heavy atom. The van der Waals surface area contributed by atoms with Gasteiger partial charge in [-0.05, 0) is 74.2 Å². The van der Waals surface area contributed by atoms with Gasteiger partial charge >= 0.3 is 0 Å². The van der Waals surface area contributed by atoms with Gasteiger partial charge in [-0.2, -0.15) is 0 Å². The molecule has 1 N–H and O–H groups in total. The van der Waals surface area contributed by atoms with Crippen LogP contribution in [0.4, 0.5) is 0 Å². The summed E-state index contributed by atoms with van der Waals surface area (Å²) in [5.74, 6) is 1.03. The van der Waals surface area contributed by atoms with Gasteiger partial charge in [0.25, 0.3) is 0 Å². The lowest BCUT2D eigenvalue weighted by molar-refractivity contribution is -0.132. The molecular formula is C23H27NO4. The summed E-state index contributed by atoms with van der Waals surface area (Å²) < 4.78 is 5.71. The number of ketones is 1. The zero-order valence-corrected chi connectivity index (χ0v) is 16.5. The highest BCUT2D eigenvalue weighted by Gasteiger charge is 2.27. The first-order valence-electron chi connectivity index (χ1n) is 9.75. The van der Waals surface area contributed by atoms with Gasteiger partial charge in [0.2, 0.25) is 5.91 Å². The van der Waals surface area contributed by atoms with Crippen LogP contribution in [0.2, 0.25) is 0 Å². The molecule has 28 heavy (non-hydrogen) atoms. The molecule has 3 rings (SSSR count). The lowest BCUT2D eigenvalue weighted by atomic mass is 9.89. The van der Waals surface area contributed by atoms with Crippen LogP contribution >= 0.6 is 0 Å². The monoisotopic (exact) mass is 381 g/mol. The number of aryl methyl sites for hydroxylation is 2. The second-order valence-electron chi connectivity index (χ2n) is 7.41. The number of likely N-dealkylation sites (tertiary alicyclic amines) is 1. The number of amides is 1. The van der Waals surface area contributed by atoms with E-state index in [0.29, 0.717) is 44.5 Å². The molecule has 148 valence electrons. The van der Waals surface area contributed by atoms with E-state index in [2.05, 4.69) is 6.92 Å². The zero-order chi connectivity index (χ0) is 20.1. The maximum atomic E-state index is 12.6. The van der Waals surface area contributed by atoms with Gasteiger partial charge in [-0.3, -0.25) is 9.59 Å². The average molecular weight is 381 g/mol. The summed E-state index contributed by atoms with van der Waals surface area (Å²) in [7, 11) is 0. The van der Waals surface area contributed by atoms with Gasteiger partial charge in [-0.25, -0.2) is 0 Å². The number of benzene rings is 2. The minimum atomic E-state index is -0.0691. The molecule has 0 atom stereocenters. The number of phenols is 1. The summed E-state index contributed by atoms with van der Waals surface area (Å²) in [6.07, 6.45) is 1.68. The molecule has 2 aromatic rings. The number of carbonyl (C=O) groups is 2. The summed E-state index contributed by atoms with van der Waals surface area (Å²) in [4.78, 5) is 26.8.